The van der Waals surface area contributed by atoms with Crippen molar-refractivity contribution in [1.82, 2.24) is 20.1 Å². The van der Waals surface area contributed by atoms with Crippen molar-refractivity contribution in [2.75, 3.05) is 33.0 Å². The zero-order chi connectivity index (χ0) is 21.2. The summed E-state index contributed by atoms with van der Waals surface area (Å²) in [6.45, 7) is 2.74. The fourth-order valence-corrected chi connectivity index (χ4v) is 3.93. The van der Waals surface area contributed by atoms with Crippen molar-refractivity contribution in [3.8, 4) is 11.5 Å². The summed E-state index contributed by atoms with van der Waals surface area (Å²) in [6.07, 6.45) is 1.65. The van der Waals surface area contributed by atoms with E-state index in [1.165, 1.54) is 0 Å². The molecule has 0 spiro atoms. The molecule has 0 aliphatic carbocycles. The molecule has 1 fully saturated rings. The predicted molar refractivity (Wildman–Crippen MR) is 114 cm³/mol. The molecule has 5 rings (SSSR count). The van der Waals surface area contributed by atoms with Gasteiger partial charge in [0, 0.05) is 44.3 Å². The van der Waals surface area contributed by atoms with Crippen LogP contribution in [0.3, 0.4) is 0 Å². The van der Waals surface area contributed by atoms with Gasteiger partial charge in [0.25, 0.3) is 5.91 Å². The number of aromatic nitrogens is 1. The molecule has 3 aromatic rings. The summed E-state index contributed by atoms with van der Waals surface area (Å²) in [4.78, 5) is 33.4. The van der Waals surface area contributed by atoms with E-state index < -0.39 is 0 Å². The van der Waals surface area contributed by atoms with Crippen LogP contribution in [0, 0.1) is 0 Å². The first-order valence-corrected chi connectivity index (χ1v) is 10.2. The minimum atomic E-state index is -0.101. The van der Waals surface area contributed by atoms with Gasteiger partial charge >= 0.3 is 6.03 Å². The van der Waals surface area contributed by atoms with Crippen LogP contribution >= 0.6 is 0 Å². The van der Waals surface area contributed by atoms with Crippen molar-refractivity contribution < 1.29 is 19.1 Å². The highest BCUT2D eigenvalue weighted by Gasteiger charge is 2.24. The average molecular weight is 418 g/mol. The lowest BCUT2D eigenvalue weighted by molar-refractivity contribution is 0.0732. The molecule has 0 bridgehead atoms. The molecule has 2 aromatic carbocycles. The van der Waals surface area contributed by atoms with Gasteiger partial charge in [-0.25, -0.2) is 4.79 Å². The summed E-state index contributed by atoms with van der Waals surface area (Å²) >= 11 is 0. The molecule has 1 N–H and O–H groups in total. The molecule has 2 aliphatic heterocycles. The van der Waals surface area contributed by atoms with Crippen LogP contribution in [0.4, 0.5) is 4.79 Å². The normalized spacial score (nSPS) is 14.7. The number of urea groups is 1. The van der Waals surface area contributed by atoms with E-state index in [-0.39, 0.29) is 18.7 Å². The molecule has 0 unspecified atom stereocenters. The number of hydrogen-bond acceptors (Lipinski definition) is 5. The second-order valence-electron chi connectivity index (χ2n) is 7.51. The lowest BCUT2D eigenvalue weighted by Gasteiger charge is -2.26. The maximum atomic E-state index is 13.6. The molecule has 8 heteroatoms. The van der Waals surface area contributed by atoms with E-state index in [4.69, 9.17) is 9.47 Å². The van der Waals surface area contributed by atoms with E-state index >= 15 is 0 Å². The molecule has 3 amide bonds. The van der Waals surface area contributed by atoms with E-state index in [9.17, 15) is 9.59 Å². The van der Waals surface area contributed by atoms with Gasteiger partial charge < -0.3 is 24.6 Å². The van der Waals surface area contributed by atoms with Gasteiger partial charge in [-0.2, -0.15) is 0 Å². The number of carbonyl (C=O) groups excluding carboxylic acids is 2. The lowest BCUT2D eigenvalue weighted by atomic mass is 10.1. The number of ether oxygens (including phenoxy) is 2. The number of benzene rings is 2. The summed E-state index contributed by atoms with van der Waals surface area (Å²) < 4.78 is 10.9. The first-order chi connectivity index (χ1) is 15.2. The van der Waals surface area contributed by atoms with Crippen LogP contribution in [-0.2, 0) is 6.54 Å². The maximum absolute atomic E-state index is 13.6. The van der Waals surface area contributed by atoms with Gasteiger partial charge in [0.05, 0.1) is 11.1 Å². The monoisotopic (exact) mass is 418 g/mol. The third-order valence-electron chi connectivity index (χ3n) is 5.56. The zero-order valence-electron chi connectivity index (χ0n) is 16.9. The second-order valence-corrected chi connectivity index (χ2v) is 7.51. The minimum absolute atomic E-state index is 0.0927. The number of para-hydroxylation sites is 1. The van der Waals surface area contributed by atoms with Crippen LogP contribution in [0.25, 0.3) is 10.9 Å². The number of carbonyl (C=O) groups is 2. The summed E-state index contributed by atoms with van der Waals surface area (Å²) in [5, 5.41) is 3.61. The van der Waals surface area contributed by atoms with Crippen LogP contribution in [0.2, 0.25) is 0 Å². The Kier molecular flexibility index (Phi) is 5.03. The predicted octanol–water partition coefficient (Wildman–Crippen LogP) is 2.63. The minimum Gasteiger partial charge on any atom is -0.454 e. The largest absolute Gasteiger partial charge is 0.454 e. The SMILES string of the molecule is O=C1NCCN1CCN(Cc1ccc2c(c1)OCO2)C(=O)c1ccnc2ccccc12. The lowest BCUT2D eigenvalue weighted by Crippen LogP contribution is -2.39. The Labute approximate surface area is 179 Å². The second kappa shape index (κ2) is 8.14. The van der Waals surface area contributed by atoms with Gasteiger partial charge in [0.2, 0.25) is 6.79 Å². The number of nitrogens with zero attached hydrogens (tertiary/aromatic N) is 3. The highest BCUT2D eigenvalue weighted by Crippen LogP contribution is 2.33. The van der Waals surface area contributed by atoms with Gasteiger partial charge in [0.1, 0.15) is 0 Å². The first kappa shape index (κ1) is 19.2. The number of amides is 3. The number of rotatable bonds is 6. The smallest absolute Gasteiger partial charge is 0.317 e. The van der Waals surface area contributed by atoms with Gasteiger partial charge in [-0.05, 0) is 29.8 Å². The van der Waals surface area contributed by atoms with Gasteiger partial charge in [0.15, 0.2) is 11.5 Å². The highest BCUT2D eigenvalue weighted by atomic mass is 16.7. The molecule has 31 heavy (non-hydrogen) atoms. The molecular formula is C23H22N4O4. The maximum Gasteiger partial charge on any atom is 0.317 e. The summed E-state index contributed by atoms with van der Waals surface area (Å²) in [7, 11) is 0. The van der Waals surface area contributed by atoms with E-state index in [0.29, 0.717) is 49.8 Å². The Morgan fingerprint density at radius 3 is 2.87 bits per heavy atom. The average Bonchev–Trinajstić information content (AvgIpc) is 3.44. The first-order valence-electron chi connectivity index (χ1n) is 10.2. The molecule has 0 saturated carbocycles. The number of nitrogens with one attached hydrogen (secondary N) is 1. The van der Waals surface area contributed by atoms with E-state index in [0.717, 1.165) is 16.5 Å². The Balaban J connectivity index is 1.43. The van der Waals surface area contributed by atoms with Gasteiger partial charge in [-0.3, -0.25) is 9.78 Å². The number of hydrogen-bond donors (Lipinski definition) is 1. The molecule has 1 saturated heterocycles. The Morgan fingerprint density at radius 2 is 2.00 bits per heavy atom. The standard InChI is InChI=1S/C23H22N4O4/c28-22(18-7-8-24-19-4-2-1-3-17(18)19)27(12-11-26-10-9-25-23(26)29)14-16-5-6-20-21(13-16)31-15-30-20/h1-8,13H,9-12,14-15H2,(H,25,29). The molecule has 0 radical (unpaired) electrons. The molecular weight excluding hydrogens is 396 g/mol. The fraction of sp³-hybridized carbons (Fsp3) is 0.261. The Morgan fingerprint density at radius 1 is 1.13 bits per heavy atom. The summed E-state index contributed by atoms with van der Waals surface area (Å²) in [5.74, 6) is 1.28. The van der Waals surface area contributed by atoms with Crippen LogP contribution in [0.1, 0.15) is 15.9 Å². The third-order valence-corrected chi connectivity index (χ3v) is 5.56. The summed E-state index contributed by atoms with van der Waals surface area (Å²) in [5.41, 5.74) is 2.30. The quantitative estimate of drug-likeness (QED) is 0.665. The molecule has 8 nitrogen and oxygen atoms in total. The van der Waals surface area contributed by atoms with Crippen LogP contribution in [-0.4, -0.2) is 59.7 Å². The third kappa shape index (κ3) is 3.84. The van der Waals surface area contributed by atoms with Crippen molar-refractivity contribution in [1.29, 1.82) is 0 Å². The van der Waals surface area contributed by atoms with Crippen molar-refractivity contribution in [2.45, 2.75) is 6.54 Å². The molecule has 1 aromatic heterocycles. The van der Waals surface area contributed by atoms with Crippen LogP contribution < -0.4 is 14.8 Å². The molecule has 0 atom stereocenters. The zero-order valence-corrected chi connectivity index (χ0v) is 16.9. The van der Waals surface area contributed by atoms with Crippen molar-refractivity contribution in [2.24, 2.45) is 0 Å². The Hall–Kier alpha value is -3.81. The summed E-state index contributed by atoms with van der Waals surface area (Å²) in [6, 6.07) is 14.9. The molecule has 3 heterocycles. The highest BCUT2D eigenvalue weighted by molar-refractivity contribution is 6.06. The molecule has 158 valence electrons. The van der Waals surface area contributed by atoms with Crippen molar-refractivity contribution in [3.63, 3.8) is 0 Å². The molecule has 2 aliphatic rings. The van der Waals surface area contributed by atoms with Gasteiger partial charge in [-0.1, -0.05) is 24.3 Å². The van der Waals surface area contributed by atoms with E-state index in [2.05, 4.69) is 10.3 Å². The van der Waals surface area contributed by atoms with E-state index in [1.807, 2.05) is 42.5 Å². The van der Waals surface area contributed by atoms with Crippen LogP contribution in [0.15, 0.2) is 54.7 Å². The Bertz CT molecular complexity index is 1140. The number of pyridine rings is 1. The fourth-order valence-electron chi connectivity index (χ4n) is 3.93. The van der Waals surface area contributed by atoms with Crippen LogP contribution in [0.5, 0.6) is 11.5 Å². The van der Waals surface area contributed by atoms with Crippen molar-refractivity contribution in [3.05, 3.63) is 65.9 Å². The van der Waals surface area contributed by atoms with Crippen molar-refractivity contribution >= 4 is 22.8 Å². The topological polar surface area (TPSA) is 84.0 Å². The number of fused-ring (bicyclic) bond motifs is 2. The van der Waals surface area contributed by atoms with E-state index in [1.54, 1.807) is 22.1 Å². The van der Waals surface area contributed by atoms with Gasteiger partial charge in [-0.15, -0.1) is 0 Å².